The van der Waals surface area contributed by atoms with Gasteiger partial charge in [0.15, 0.2) is 49.2 Å². The van der Waals surface area contributed by atoms with E-state index in [1.165, 1.54) is 97.1 Å². The maximum Gasteiger partial charge on any atom is 0.407 e. The lowest BCUT2D eigenvalue weighted by atomic mass is 9.97. The third-order valence-corrected chi connectivity index (χ3v) is 15.9. The number of benzene rings is 9. The van der Waals surface area contributed by atoms with Crippen LogP contribution >= 0.6 is 0 Å². The predicted molar refractivity (Wildman–Crippen MR) is 360 cm³/mol. The fourth-order valence-corrected chi connectivity index (χ4v) is 10.8. The number of alkyl carbamates (subject to hydrolysis) is 1. The second-order valence-electron chi connectivity index (χ2n) is 23.0. The molecule has 0 aromatic heterocycles. The Morgan fingerprint density at radius 2 is 0.520 bits per heavy atom. The van der Waals surface area contributed by atoms with Crippen LogP contribution in [0, 0.1) is 0 Å². The fourth-order valence-electron chi connectivity index (χ4n) is 10.8. The molecule has 0 saturated carbocycles. The molecule has 0 unspecified atom stereocenters. The third-order valence-electron chi connectivity index (χ3n) is 15.9. The van der Waals surface area contributed by atoms with E-state index in [0.717, 1.165) is 0 Å². The van der Waals surface area contributed by atoms with Gasteiger partial charge in [-0.2, -0.15) is 0 Å². The standard InChI is InChI=1S/C79H67NO22/c81-69(52-30-12-2-13-31-52)90-49-61-63(97-71(83)54-34-16-4-17-35-54)65(99-73(85)56-38-20-6-21-39-56)67(101-75(87)58-42-24-8-25-43-58)77(95-61)92-47-60(80-79(89)94-46-51-28-10-1-11-29-51)48-93-78-68(102-76(88)59-44-26-9-27-45-59)66(100-74(86)57-40-22-7-23-41-57)64(98-72(84)55-36-18-5-19-37-55)62(96-78)50-91-70(82)53-32-14-3-15-33-53/h1-45,60-68,77-78H,46-50H2,(H,80,89)/t61-,62-,63-,64-,65+,66+,67+,68+,77+,78+/m1/s1. The molecule has 520 valence electrons. The van der Waals surface area contributed by atoms with E-state index in [-0.39, 0.29) is 51.1 Å². The van der Waals surface area contributed by atoms with Crippen LogP contribution in [0.3, 0.4) is 0 Å². The lowest BCUT2D eigenvalue weighted by molar-refractivity contribution is -0.307. The van der Waals surface area contributed by atoms with Gasteiger partial charge in [-0.15, -0.1) is 0 Å². The van der Waals surface area contributed by atoms with Crippen LogP contribution in [0.5, 0.6) is 0 Å². The van der Waals surface area contributed by atoms with E-state index in [2.05, 4.69) is 5.32 Å². The van der Waals surface area contributed by atoms with Crippen LogP contribution < -0.4 is 5.32 Å². The van der Waals surface area contributed by atoms with Crippen molar-refractivity contribution in [3.8, 4) is 0 Å². The van der Waals surface area contributed by atoms with Crippen LogP contribution in [-0.4, -0.2) is 148 Å². The lowest BCUT2D eigenvalue weighted by Gasteiger charge is -2.45. The molecule has 1 amide bonds. The summed E-state index contributed by atoms with van der Waals surface area (Å²) in [6.07, 6.45) is -19.3. The summed E-state index contributed by atoms with van der Waals surface area (Å²) in [6.45, 7) is -3.21. The highest BCUT2D eigenvalue weighted by Gasteiger charge is 2.56. The molecule has 9 aromatic rings. The summed E-state index contributed by atoms with van der Waals surface area (Å²) in [6, 6.07) is 69.3. The molecule has 10 atom stereocenters. The maximum absolute atomic E-state index is 14.5. The first-order chi connectivity index (χ1) is 49.8. The van der Waals surface area contributed by atoms with Gasteiger partial charge in [-0.05, 0) is 103 Å². The van der Waals surface area contributed by atoms with Crippen molar-refractivity contribution in [2.24, 2.45) is 0 Å². The van der Waals surface area contributed by atoms with Crippen molar-refractivity contribution in [1.29, 1.82) is 0 Å². The monoisotopic (exact) mass is 1380 g/mol. The van der Waals surface area contributed by atoms with E-state index in [1.54, 1.807) is 176 Å². The molecule has 9 aromatic carbocycles. The summed E-state index contributed by atoms with van der Waals surface area (Å²) < 4.78 is 81.6. The Kier molecular flexibility index (Phi) is 24.8. The van der Waals surface area contributed by atoms with Gasteiger partial charge in [-0.3, -0.25) is 0 Å². The summed E-state index contributed by atoms with van der Waals surface area (Å²) in [5.74, 6) is -7.61. The summed E-state index contributed by atoms with van der Waals surface area (Å²) in [4.78, 5) is 129. The van der Waals surface area contributed by atoms with Gasteiger partial charge >= 0.3 is 53.8 Å². The molecule has 102 heavy (non-hydrogen) atoms. The first-order valence-corrected chi connectivity index (χ1v) is 32.3. The molecule has 2 aliphatic heterocycles. The molecule has 2 heterocycles. The van der Waals surface area contributed by atoms with E-state index in [1.807, 2.05) is 0 Å². The Morgan fingerprint density at radius 1 is 0.284 bits per heavy atom. The lowest BCUT2D eigenvalue weighted by Crippen LogP contribution is -2.64. The minimum atomic E-state index is -1.93. The average molecular weight is 1380 g/mol. The second-order valence-corrected chi connectivity index (χ2v) is 23.0. The Bertz CT molecular complexity index is 4000. The molecule has 2 aliphatic rings. The SMILES string of the molecule is O=C(NC(CO[C@H]1O[C@H](COC(=O)c2ccccc2)[C@@H](OC(=O)c2ccccc2)[C@H](OC(=O)c2ccccc2)[C@@H]1OC(=O)c1ccccc1)CO[C@H]1O[C@H](COC(=O)c2ccccc2)[C@@H](OC(=O)c2ccccc2)[C@H](OC(=O)c2ccccc2)[C@@H]1OC(=O)c1ccccc1)OCc1ccccc1. The van der Waals surface area contributed by atoms with Gasteiger partial charge < -0.3 is 66.9 Å². The van der Waals surface area contributed by atoms with Crippen molar-refractivity contribution in [2.75, 3.05) is 26.4 Å². The molecule has 23 nitrogen and oxygen atoms in total. The van der Waals surface area contributed by atoms with Gasteiger partial charge in [0.1, 0.15) is 32.0 Å². The Labute approximate surface area is 584 Å². The summed E-state index contributed by atoms with van der Waals surface area (Å²) in [5.41, 5.74) is 0.939. The average Bonchev–Trinajstić information content (AvgIpc) is 0.781. The normalized spacial score (nSPS) is 19.8. The zero-order valence-electron chi connectivity index (χ0n) is 54.3. The quantitative estimate of drug-likeness (QED) is 0.0370. The van der Waals surface area contributed by atoms with Gasteiger partial charge in [0, 0.05) is 0 Å². The predicted octanol–water partition coefficient (Wildman–Crippen LogP) is 10.8. The largest absolute Gasteiger partial charge is 0.459 e. The van der Waals surface area contributed by atoms with E-state index in [0.29, 0.717) is 5.56 Å². The van der Waals surface area contributed by atoms with Crippen molar-refractivity contribution in [1.82, 2.24) is 5.32 Å². The number of rotatable bonds is 27. The number of carbonyl (C=O) groups excluding carboxylic acids is 9. The second kappa shape index (κ2) is 35.6. The van der Waals surface area contributed by atoms with Crippen molar-refractivity contribution >= 4 is 53.8 Å². The minimum Gasteiger partial charge on any atom is -0.459 e. The smallest absolute Gasteiger partial charge is 0.407 e. The minimum absolute atomic E-state index is 0.00296. The van der Waals surface area contributed by atoms with Crippen molar-refractivity contribution in [2.45, 2.75) is 74.1 Å². The Hall–Kier alpha value is -12.2. The van der Waals surface area contributed by atoms with Crippen molar-refractivity contribution in [3.63, 3.8) is 0 Å². The highest BCUT2D eigenvalue weighted by molar-refractivity contribution is 5.93. The van der Waals surface area contributed by atoms with Gasteiger partial charge in [0.25, 0.3) is 0 Å². The summed E-state index contributed by atoms with van der Waals surface area (Å²) in [7, 11) is 0. The molecule has 0 radical (unpaired) electrons. The summed E-state index contributed by atoms with van der Waals surface area (Å²) in [5, 5.41) is 2.72. The molecule has 1 N–H and O–H groups in total. The van der Waals surface area contributed by atoms with Gasteiger partial charge in [0.05, 0.1) is 63.8 Å². The van der Waals surface area contributed by atoms with E-state index >= 15 is 0 Å². The zero-order valence-corrected chi connectivity index (χ0v) is 54.3. The number of carbonyl (C=O) groups is 9. The first kappa shape index (κ1) is 71.1. The Balaban J connectivity index is 0.986. The maximum atomic E-state index is 14.5. The molecule has 0 aliphatic carbocycles. The highest BCUT2D eigenvalue weighted by Crippen LogP contribution is 2.35. The summed E-state index contributed by atoms with van der Waals surface area (Å²) >= 11 is 0. The van der Waals surface area contributed by atoms with Crippen LogP contribution in [0.2, 0.25) is 0 Å². The topological polar surface area (TPSA) is 286 Å². The van der Waals surface area contributed by atoms with Crippen LogP contribution in [0.15, 0.2) is 273 Å². The zero-order chi connectivity index (χ0) is 71.0. The molecule has 23 heteroatoms. The molecular formula is C79H67NO22. The first-order valence-electron chi connectivity index (χ1n) is 32.3. The number of amides is 1. The van der Waals surface area contributed by atoms with Gasteiger partial charge in [-0.25, -0.2) is 43.2 Å². The molecule has 2 fully saturated rings. The van der Waals surface area contributed by atoms with E-state index in [9.17, 15) is 43.2 Å². The number of nitrogens with one attached hydrogen (secondary N) is 1. The van der Waals surface area contributed by atoms with E-state index in [4.69, 9.17) is 61.6 Å². The molecule has 11 rings (SSSR count). The van der Waals surface area contributed by atoms with Crippen LogP contribution in [0.4, 0.5) is 4.79 Å². The van der Waals surface area contributed by atoms with Crippen LogP contribution in [0.1, 0.15) is 88.4 Å². The number of ether oxygens (including phenoxy) is 13. The number of esters is 8. The molecule has 0 bridgehead atoms. The third kappa shape index (κ3) is 19.4. The van der Waals surface area contributed by atoms with Crippen LogP contribution in [-0.2, 0) is 68.2 Å². The van der Waals surface area contributed by atoms with Crippen LogP contribution in [0.25, 0.3) is 0 Å². The van der Waals surface area contributed by atoms with Gasteiger partial charge in [0.2, 0.25) is 0 Å². The van der Waals surface area contributed by atoms with Crippen molar-refractivity contribution < 1.29 is 105 Å². The fraction of sp³-hybridized carbons (Fsp3) is 0.203. The number of hydrogen-bond acceptors (Lipinski definition) is 22. The van der Waals surface area contributed by atoms with Gasteiger partial charge in [-0.1, -0.05) is 176 Å². The van der Waals surface area contributed by atoms with Crippen molar-refractivity contribution in [3.05, 3.63) is 323 Å². The molecule has 2 saturated heterocycles. The molecular weight excluding hydrogens is 1310 g/mol. The Morgan fingerprint density at radius 3 is 0.794 bits per heavy atom. The molecule has 0 spiro atoms. The van der Waals surface area contributed by atoms with E-state index < -0.39 is 148 Å². The number of hydrogen-bond donors (Lipinski definition) is 1. The highest BCUT2D eigenvalue weighted by atomic mass is 16.8.